The molecule has 0 spiro atoms. The second-order valence-corrected chi connectivity index (χ2v) is 4.78. The number of hydrogen-bond acceptors (Lipinski definition) is 3. The van der Waals surface area contributed by atoms with Crippen LogP contribution in [0.1, 0.15) is 0 Å². The van der Waals surface area contributed by atoms with E-state index in [1.165, 1.54) is 0 Å². The summed E-state index contributed by atoms with van der Waals surface area (Å²) >= 11 is 6.06. The molecule has 0 aromatic heterocycles. The Morgan fingerprint density at radius 3 is 2.15 bits per heavy atom. The number of rotatable bonds is 2. The van der Waals surface area contributed by atoms with Gasteiger partial charge in [-0.2, -0.15) is 0 Å². The summed E-state index contributed by atoms with van der Waals surface area (Å²) in [4.78, 5) is 0. The second-order valence-electron chi connectivity index (χ2n) is 4.37. The van der Waals surface area contributed by atoms with Crippen LogP contribution in [0.15, 0.2) is 70.9 Å². The molecular weight excluding hydrogens is 270 g/mol. The zero-order chi connectivity index (χ0) is 13.9. The zero-order valence-electron chi connectivity index (χ0n) is 10.6. The number of benzene rings is 3. The van der Waals surface area contributed by atoms with E-state index in [2.05, 4.69) is 10.2 Å². The van der Waals surface area contributed by atoms with Gasteiger partial charge in [0.1, 0.15) is 5.69 Å². The van der Waals surface area contributed by atoms with Gasteiger partial charge in [-0.05, 0) is 24.3 Å². The van der Waals surface area contributed by atoms with E-state index >= 15 is 0 Å². The first-order chi connectivity index (χ1) is 9.75. The third kappa shape index (κ3) is 2.36. The molecule has 0 aliphatic carbocycles. The van der Waals surface area contributed by atoms with E-state index in [0.29, 0.717) is 10.7 Å². The third-order valence-electron chi connectivity index (χ3n) is 3.05. The summed E-state index contributed by atoms with van der Waals surface area (Å²) in [6, 6.07) is 18.9. The molecule has 3 rings (SSSR count). The van der Waals surface area contributed by atoms with Crippen LogP contribution >= 0.6 is 11.6 Å². The Morgan fingerprint density at radius 2 is 1.35 bits per heavy atom. The molecule has 0 atom stereocenters. The maximum atomic E-state index is 6.06. The van der Waals surface area contributed by atoms with Crippen molar-refractivity contribution in [3.8, 4) is 0 Å². The van der Waals surface area contributed by atoms with Gasteiger partial charge in [-0.3, -0.25) is 0 Å². The first kappa shape index (κ1) is 12.6. The van der Waals surface area contributed by atoms with E-state index in [0.717, 1.165) is 22.1 Å². The lowest BCUT2D eigenvalue weighted by Crippen LogP contribution is -1.86. The molecule has 0 unspecified atom stereocenters. The van der Waals surface area contributed by atoms with Gasteiger partial charge in [0.15, 0.2) is 0 Å². The molecule has 4 heteroatoms. The quantitative estimate of drug-likeness (QED) is 0.490. The highest BCUT2D eigenvalue weighted by Gasteiger charge is 2.03. The van der Waals surface area contributed by atoms with Gasteiger partial charge in [-0.25, -0.2) is 0 Å². The average Bonchev–Trinajstić information content (AvgIpc) is 2.48. The van der Waals surface area contributed by atoms with Gasteiger partial charge >= 0.3 is 0 Å². The summed E-state index contributed by atoms with van der Waals surface area (Å²) in [5, 5.41) is 11.0. The summed E-state index contributed by atoms with van der Waals surface area (Å²) in [5.74, 6) is 0. The summed E-state index contributed by atoms with van der Waals surface area (Å²) in [7, 11) is 0. The molecule has 0 amide bonds. The fourth-order valence-electron chi connectivity index (χ4n) is 2.03. The predicted molar refractivity (Wildman–Crippen MR) is 84.0 cm³/mol. The van der Waals surface area contributed by atoms with Gasteiger partial charge in [-0.1, -0.05) is 48.0 Å². The van der Waals surface area contributed by atoms with Gasteiger partial charge in [0.2, 0.25) is 0 Å². The lowest BCUT2D eigenvalue weighted by molar-refractivity contribution is 1.24. The van der Waals surface area contributed by atoms with Crippen molar-refractivity contribution in [1.82, 2.24) is 0 Å². The van der Waals surface area contributed by atoms with Crippen molar-refractivity contribution in [2.24, 2.45) is 10.2 Å². The number of nitrogens with zero attached hydrogens (tertiary/aromatic N) is 2. The average molecular weight is 282 g/mol. The normalized spacial score (nSPS) is 11.2. The summed E-state index contributed by atoms with van der Waals surface area (Å²) in [6.07, 6.45) is 0. The second kappa shape index (κ2) is 5.31. The van der Waals surface area contributed by atoms with Crippen molar-refractivity contribution in [2.45, 2.75) is 0 Å². The molecule has 0 fully saturated rings. The first-order valence-corrected chi connectivity index (χ1v) is 6.57. The molecule has 0 heterocycles. The molecule has 0 aliphatic heterocycles. The Labute approximate surface area is 121 Å². The monoisotopic (exact) mass is 281 g/mol. The SMILES string of the molecule is Nc1ccc(N=Nc2ccccc2Cl)c2ccccc12. The first-order valence-electron chi connectivity index (χ1n) is 6.19. The number of anilines is 1. The van der Waals surface area contributed by atoms with Crippen molar-refractivity contribution in [3.05, 3.63) is 65.7 Å². The molecule has 0 aliphatic rings. The van der Waals surface area contributed by atoms with E-state index in [1.54, 1.807) is 6.07 Å². The Balaban J connectivity index is 2.08. The van der Waals surface area contributed by atoms with Crippen molar-refractivity contribution in [3.63, 3.8) is 0 Å². The highest BCUT2D eigenvalue weighted by Crippen LogP contribution is 2.32. The summed E-state index contributed by atoms with van der Waals surface area (Å²) in [6.45, 7) is 0. The lowest BCUT2D eigenvalue weighted by Gasteiger charge is -2.04. The van der Waals surface area contributed by atoms with Crippen LogP contribution in [-0.4, -0.2) is 0 Å². The molecule has 0 saturated heterocycles. The van der Waals surface area contributed by atoms with Crippen molar-refractivity contribution >= 4 is 39.4 Å². The molecule has 98 valence electrons. The van der Waals surface area contributed by atoms with Crippen LogP contribution in [0.2, 0.25) is 5.02 Å². The number of halogens is 1. The van der Waals surface area contributed by atoms with E-state index < -0.39 is 0 Å². The predicted octanol–water partition coefficient (Wildman–Crippen LogP) is 5.49. The Morgan fingerprint density at radius 1 is 0.700 bits per heavy atom. The van der Waals surface area contributed by atoms with Crippen LogP contribution in [0.4, 0.5) is 17.1 Å². The molecule has 3 aromatic carbocycles. The van der Waals surface area contributed by atoms with Gasteiger partial charge in [-0.15, -0.1) is 10.2 Å². The van der Waals surface area contributed by atoms with Crippen LogP contribution in [0.5, 0.6) is 0 Å². The Bertz CT molecular complexity index is 797. The molecule has 20 heavy (non-hydrogen) atoms. The third-order valence-corrected chi connectivity index (χ3v) is 3.37. The van der Waals surface area contributed by atoms with Gasteiger partial charge in [0.25, 0.3) is 0 Å². The fourth-order valence-corrected chi connectivity index (χ4v) is 2.21. The smallest absolute Gasteiger partial charge is 0.104 e. The van der Waals surface area contributed by atoms with E-state index in [9.17, 15) is 0 Å². The van der Waals surface area contributed by atoms with E-state index in [-0.39, 0.29) is 0 Å². The fraction of sp³-hybridized carbons (Fsp3) is 0. The minimum Gasteiger partial charge on any atom is -0.398 e. The van der Waals surface area contributed by atoms with Crippen LogP contribution < -0.4 is 5.73 Å². The number of fused-ring (bicyclic) bond motifs is 1. The van der Waals surface area contributed by atoms with Crippen LogP contribution in [0.3, 0.4) is 0 Å². The summed E-state index contributed by atoms with van der Waals surface area (Å²) < 4.78 is 0. The molecule has 3 nitrogen and oxygen atoms in total. The van der Waals surface area contributed by atoms with Crippen molar-refractivity contribution in [1.29, 1.82) is 0 Å². The van der Waals surface area contributed by atoms with E-state index in [1.807, 2.05) is 54.6 Å². The molecule has 0 saturated carbocycles. The van der Waals surface area contributed by atoms with Crippen LogP contribution in [0, 0.1) is 0 Å². The standard InChI is InChI=1S/C16H12ClN3/c17-13-7-3-4-8-16(13)20-19-15-10-9-14(18)11-5-1-2-6-12(11)15/h1-10H,18H2. The number of nitrogen functional groups attached to an aromatic ring is 1. The number of azo groups is 1. The van der Waals surface area contributed by atoms with Gasteiger partial charge in [0, 0.05) is 16.5 Å². The minimum atomic E-state index is 0.580. The molecule has 0 radical (unpaired) electrons. The Kier molecular flexibility index (Phi) is 3.35. The highest BCUT2D eigenvalue weighted by molar-refractivity contribution is 6.32. The number of hydrogen-bond donors (Lipinski definition) is 1. The largest absolute Gasteiger partial charge is 0.398 e. The molecule has 3 aromatic rings. The minimum absolute atomic E-state index is 0.580. The zero-order valence-corrected chi connectivity index (χ0v) is 11.4. The van der Waals surface area contributed by atoms with Crippen molar-refractivity contribution < 1.29 is 0 Å². The summed E-state index contributed by atoms with van der Waals surface area (Å²) in [5.41, 5.74) is 8.12. The van der Waals surface area contributed by atoms with Crippen LogP contribution in [0.25, 0.3) is 10.8 Å². The maximum Gasteiger partial charge on any atom is 0.104 e. The molecule has 0 bridgehead atoms. The Hall–Kier alpha value is -2.39. The molecule has 2 N–H and O–H groups in total. The molecular formula is C16H12ClN3. The number of nitrogens with two attached hydrogens (primary N) is 1. The van der Waals surface area contributed by atoms with Gasteiger partial charge < -0.3 is 5.73 Å². The maximum absolute atomic E-state index is 6.06. The topological polar surface area (TPSA) is 50.7 Å². The van der Waals surface area contributed by atoms with Crippen molar-refractivity contribution in [2.75, 3.05) is 5.73 Å². The lowest BCUT2D eigenvalue weighted by atomic mass is 10.1. The highest BCUT2D eigenvalue weighted by atomic mass is 35.5. The van der Waals surface area contributed by atoms with Crippen LogP contribution in [-0.2, 0) is 0 Å². The van der Waals surface area contributed by atoms with E-state index in [4.69, 9.17) is 17.3 Å². The van der Waals surface area contributed by atoms with Gasteiger partial charge in [0.05, 0.1) is 10.7 Å².